The highest BCUT2D eigenvalue weighted by Crippen LogP contribution is 2.29. The smallest absolute Gasteiger partial charge is 0.273 e. The molecular formula is C29H41N5O4. The molecule has 1 fully saturated rings. The zero-order chi connectivity index (χ0) is 27.1. The van der Waals surface area contributed by atoms with Crippen LogP contribution in [0.2, 0.25) is 0 Å². The fourth-order valence-electron chi connectivity index (χ4n) is 5.14. The van der Waals surface area contributed by atoms with Gasteiger partial charge in [-0.3, -0.25) is 19.1 Å². The third-order valence-corrected chi connectivity index (χ3v) is 7.59. The zero-order valence-electron chi connectivity index (χ0n) is 22.9. The fraction of sp³-hybridized carbons (Fsp3) is 0.586. The van der Waals surface area contributed by atoms with Gasteiger partial charge in [0.15, 0.2) is 5.69 Å². The van der Waals surface area contributed by atoms with Gasteiger partial charge >= 0.3 is 0 Å². The maximum Gasteiger partial charge on any atom is 0.273 e. The van der Waals surface area contributed by atoms with Crippen molar-refractivity contribution in [1.82, 2.24) is 25.3 Å². The third-order valence-electron chi connectivity index (χ3n) is 7.59. The Bertz CT molecular complexity index is 1120. The molecule has 2 aromatic rings. The zero-order valence-corrected chi connectivity index (χ0v) is 22.9. The van der Waals surface area contributed by atoms with Crippen molar-refractivity contribution in [3.8, 4) is 5.75 Å². The summed E-state index contributed by atoms with van der Waals surface area (Å²) in [5, 5.41) is 10.5. The van der Waals surface area contributed by atoms with E-state index in [9.17, 15) is 14.4 Å². The average molecular weight is 524 g/mol. The summed E-state index contributed by atoms with van der Waals surface area (Å²) in [4.78, 5) is 41.6. The van der Waals surface area contributed by atoms with Gasteiger partial charge in [-0.05, 0) is 50.3 Å². The largest absolute Gasteiger partial charge is 0.494 e. The Morgan fingerprint density at radius 3 is 2.50 bits per heavy atom. The molecule has 1 aromatic heterocycles. The lowest BCUT2D eigenvalue weighted by Crippen LogP contribution is -2.65. The second-order valence-electron chi connectivity index (χ2n) is 10.6. The van der Waals surface area contributed by atoms with Crippen LogP contribution in [0, 0.1) is 0 Å². The van der Waals surface area contributed by atoms with Crippen LogP contribution in [0.1, 0.15) is 98.7 Å². The molecule has 1 aliphatic carbocycles. The van der Waals surface area contributed by atoms with Crippen LogP contribution in [0.5, 0.6) is 5.75 Å². The van der Waals surface area contributed by atoms with E-state index in [1.165, 1.54) is 10.7 Å². The molecule has 1 saturated carbocycles. The Labute approximate surface area is 225 Å². The Morgan fingerprint density at radius 1 is 1.11 bits per heavy atom. The van der Waals surface area contributed by atoms with Crippen LogP contribution in [0.3, 0.4) is 0 Å². The summed E-state index contributed by atoms with van der Waals surface area (Å²) in [6.07, 6.45) is 7.95. The van der Waals surface area contributed by atoms with Crippen LogP contribution in [0.15, 0.2) is 30.3 Å². The normalized spacial score (nSPS) is 19.3. The molecule has 38 heavy (non-hydrogen) atoms. The van der Waals surface area contributed by atoms with E-state index in [-0.39, 0.29) is 36.0 Å². The lowest BCUT2D eigenvalue weighted by atomic mass is 9.94. The number of aromatic nitrogens is 2. The number of fused-ring (bicyclic) bond motifs is 1. The number of benzene rings is 1. The van der Waals surface area contributed by atoms with E-state index < -0.39 is 5.54 Å². The van der Waals surface area contributed by atoms with Crippen LogP contribution in [-0.4, -0.2) is 57.1 Å². The Hall–Kier alpha value is -3.36. The van der Waals surface area contributed by atoms with Crippen LogP contribution < -0.4 is 15.4 Å². The molecule has 2 heterocycles. The molecule has 2 N–H and O–H groups in total. The quantitative estimate of drug-likeness (QED) is 0.408. The lowest BCUT2D eigenvalue weighted by molar-refractivity contribution is -0.133. The molecule has 0 saturated heterocycles. The first kappa shape index (κ1) is 27.7. The van der Waals surface area contributed by atoms with E-state index in [1.54, 1.807) is 4.90 Å². The Balaban J connectivity index is 1.44. The first-order valence-corrected chi connectivity index (χ1v) is 14.1. The van der Waals surface area contributed by atoms with Gasteiger partial charge in [-0.2, -0.15) is 5.10 Å². The molecular weight excluding hydrogens is 482 g/mol. The number of hydrogen-bond donors (Lipinski definition) is 2. The molecule has 2 aliphatic rings. The topological polar surface area (TPSA) is 106 Å². The van der Waals surface area contributed by atoms with Crippen LogP contribution in [0.4, 0.5) is 0 Å². The number of nitrogens with one attached hydrogen (secondary N) is 2. The minimum Gasteiger partial charge on any atom is -0.494 e. The van der Waals surface area contributed by atoms with Crippen LogP contribution in [-0.2, 0) is 17.9 Å². The number of carbonyl (C=O) groups is 3. The van der Waals surface area contributed by atoms with Gasteiger partial charge in [0.2, 0.25) is 5.91 Å². The van der Waals surface area contributed by atoms with Gasteiger partial charge in [0.1, 0.15) is 17.0 Å². The maximum atomic E-state index is 13.6. The molecule has 0 spiro atoms. The number of unbranched alkanes of at least 4 members (excludes halogenated alkanes) is 2. The number of amides is 3. The molecule has 0 bridgehead atoms. The summed E-state index contributed by atoms with van der Waals surface area (Å²) in [7, 11) is 0. The lowest BCUT2D eigenvalue weighted by Gasteiger charge is -2.43. The van der Waals surface area contributed by atoms with Crippen molar-refractivity contribution >= 4 is 17.7 Å². The van der Waals surface area contributed by atoms with E-state index in [0.29, 0.717) is 25.4 Å². The van der Waals surface area contributed by atoms with Crippen molar-refractivity contribution in [2.75, 3.05) is 13.2 Å². The Morgan fingerprint density at radius 2 is 1.82 bits per heavy atom. The van der Waals surface area contributed by atoms with Crippen LogP contribution >= 0.6 is 0 Å². The van der Waals surface area contributed by atoms with Gasteiger partial charge in [-0.25, -0.2) is 0 Å². The highest BCUT2D eigenvalue weighted by molar-refractivity contribution is 6.01. The molecule has 1 atom stereocenters. The number of ether oxygens (including phenoxy) is 1. The van der Waals surface area contributed by atoms with Gasteiger partial charge in [0.05, 0.1) is 13.2 Å². The van der Waals surface area contributed by atoms with Gasteiger partial charge < -0.3 is 20.3 Å². The summed E-state index contributed by atoms with van der Waals surface area (Å²) in [5.74, 6) is 0.0313. The van der Waals surface area contributed by atoms with Crippen molar-refractivity contribution in [2.24, 2.45) is 0 Å². The number of nitrogens with zero attached hydrogens (tertiary/aromatic N) is 3. The highest BCUT2D eigenvalue weighted by Gasteiger charge is 2.48. The van der Waals surface area contributed by atoms with E-state index in [4.69, 9.17) is 4.74 Å². The minimum absolute atomic E-state index is 0.150. The summed E-state index contributed by atoms with van der Waals surface area (Å²) in [6, 6.07) is 9.32. The van der Waals surface area contributed by atoms with Crippen molar-refractivity contribution in [3.05, 3.63) is 47.3 Å². The first-order valence-electron chi connectivity index (χ1n) is 14.1. The summed E-state index contributed by atoms with van der Waals surface area (Å²) < 4.78 is 7.22. The van der Waals surface area contributed by atoms with Crippen molar-refractivity contribution in [2.45, 2.75) is 96.8 Å². The SMILES string of the molecule is CCCCOc1ccc(CNC(=O)c2cc3n(n2)CC(C)(C(=O)NC2CCCC2)N(CCCC)C3=O)cc1. The molecule has 3 amide bonds. The summed E-state index contributed by atoms with van der Waals surface area (Å²) in [5.41, 5.74) is 0.376. The molecule has 9 nitrogen and oxygen atoms in total. The standard InChI is InChI=1S/C29H41N5O4/c1-4-6-16-33-27(36)25-18-24(26(35)30-19-21-12-14-23(15-13-21)38-17-7-5-2)32-34(25)20-29(33,3)28(37)31-22-10-8-9-11-22/h12-15,18,22H,4-11,16-17,19-20H2,1-3H3,(H,30,35)(H,31,37). The van der Waals surface area contributed by atoms with Gasteiger partial charge in [-0.1, -0.05) is 51.7 Å². The fourth-order valence-corrected chi connectivity index (χ4v) is 5.14. The molecule has 1 unspecified atom stereocenters. The van der Waals surface area contributed by atoms with Gasteiger partial charge in [0.25, 0.3) is 11.8 Å². The average Bonchev–Trinajstić information content (AvgIpc) is 3.58. The molecule has 1 aliphatic heterocycles. The van der Waals surface area contributed by atoms with E-state index in [1.807, 2.05) is 31.2 Å². The number of carbonyl (C=O) groups excluding carboxylic acids is 3. The van der Waals surface area contributed by atoms with Crippen LogP contribution in [0.25, 0.3) is 0 Å². The number of rotatable bonds is 12. The third kappa shape index (κ3) is 6.19. The van der Waals surface area contributed by atoms with Gasteiger partial charge in [0, 0.05) is 25.2 Å². The van der Waals surface area contributed by atoms with Crippen molar-refractivity contribution in [1.29, 1.82) is 0 Å². The summed E-state index contributed by atoms with van der Waals surface area (Å²) >= 11 is 0. The van der Waals surface area contributed by atoms with E-state index in [0.717, 1.165) is 62.7 Å². The highest BCUT2D eigenvalue weighted by atomic mass is 16.5. The van der Waals surface area contributed by atoms with Gasteiger partial charge in [-0.15, -0.1) is 0 Å². The first-order chi connectivity index (χ1) is 18.4. The second kappa shape index (κ2) is 12.5. The maximum absolute atomic E-state index is 13.6. The van der Waals surface area contributed by atoms with Crippen molar-refractivity contribution in [3.63, 3.8) is 0 Å². The second-order valence-corrected chi connectivity index (χ2v) is 10.6. The molecule has 206 valence electrons. The minimum atomic E-state index is -1.07. The predicted octanol–water partition coefficient (Wildman–Crippen LogP) is 4.07. The summed E-state index contributed by atoms with van der Waals surface area (Å²) in [6.45, 7) is 7.70. The van der Waals surface area contributed by atoms with E-state index in [2.05, 4.69) is 29.6 Å². The Kier molecular flexibility index (Phi) is 9.07. The molecule has 9 heteroatoms. The predicted molar refractivity (Wildman–Crippen MR) is 145 cm³/mol. The van der Waals surface area contributed by atoms with E-state index >= 15 is 0 Å². The molecule has 1 aromatic carbocycles. The van der Waals surface area contributed by atoms with Crippen molar-refractivity contribution < 1.29 is 19.1 Å². The molecule has 0 radical (unpaired) electrons. The monoisotopic (exact) mass is 523 g/mol. The molecule has 4 rings (SSSR count). The number of hydrogen-bond acceptors (Lipinski definition) is 5.